The van der Waals surface area contributed by atoms with E-state index in [1.54, 1.807) is 0 Å². The van der Waals surface area contributed by atoms with Crippen molar-refractivity contribution >= 4 is 11.9 Å². The predicted octanol–water partition coefficient (Wildman–Crippen LogP) is 7.11. The number of rotatable bonds is 9. The van der Waals surface area contributed by atoms with Gasteiger partial charge in [-0.1, -0.05) is 38.0 Å². The van der Waals surface area contributed by atoms with Gasteiger partial charge < -0.3 is 20.1 Å². The number of nitrogens with zero attached hydrogens (tertiary/aromatic N) is 3. The maximum atomic E-state index is 13.7. The summed E-state index contributed by atoms with van der Waals surface area (Å²) >= 11 is 0. The first kappa shape index (κ1) is 30.4. The van der Waals surface area contributed by atoms with Crippen LogP contribution >= 0.6 is 0 Å². The summed E-state index contributed by atoms with van der Waals surface area (Å²) in [5.41, 5.74) is 8.07. The van der Waals surface area contributed by atoms with E-state index in [0.29, 0.717) is 30.5 Å². The Labute approximate surface area is 262 Å². The van der Waals surface area contributed by atoms with Crippen molar-refractivity contribution in [3.8, 4) is 11.3 Å². The molecular weight excluding hydrogens is 546 g/mol. The van der Waals surface area contributed by atoms with E-state index in [9.17, 15) is 9.59 Å². The van der Waals surface area contributed by atoms with Crippen molar-refractivity contribution in [1.82, 2.24) is 25.1 Å². The maximum absolute atomic E-state index is 13.7. The van der Waals surface area contributed by atoms with Crippen LogP contribution < -0.4 is 5.32 Å². The van der Waals surface area contributed by atoms with Crippen molar-refractivity contribution in [2.75, 3.05) is 19.6 Å². The number of hydrogen-bond donors (Lipinski definition) is 2. The second kappa shape index (κ2) is 12.4. The molecule has 2 atom stereocenters. The molecule has 1 aromatic carbocycles. The molecule has 7 nitrogen and oxygen atoms in total. The number of carbonyl (C=O) groups is 2. The number of carbonyl (C=O) groups excluding carboxylic acids is 2. The number of likely N-dealkylation sites (tertiary alicyclic amines) is 1. The van der Waals surface area contributed by atoms with Crippen LogP contribution in [0.3, 0.4) is 0 Å². The number of aromatic amines is 1. The Morgan fingerprint density at radius 3 is 2.34 bits per heavy atom. The second-order valence-electron chi connectivity index (χ2n) is 14.3. The quantitative estimate of drug-likeness (QED) is 0.277. The smallest absolute Gasteiger partial charge is 0.317 e. The monoisotopic (exact) mass is 595 g/mol. The molecule has 6 rings (SSSR count). The zero-order valence-electron chi connectivity index (χ0n) is 27.2. The summed E-state index contributed by atoms with van der Waals surface area (Å²) in [4.78, 5) is 39.0. The van der Waals surface area contributed by atoms with E-state index in [0.717, 1.165) is 38.0 Å². The minimum absolute atomic E-state index is 0.00501. The average Bonchev–Trinajstić information content (AvgIpc) is 3.82. The highest BCUT2D eigenvalue weighted by molar-refractivity contribution is 5.83. The highest BCUT2D eigenvalue weighted by Gasteiger charge is 2.46. The highest BCUT2D eigenvalue weighted by Crippen LogP contribution is 2.42. The van der Waals surface area contributed by atoms with Crippen molar-refractivity contribution in [2.24, 2.45) is 5.41 Å². The van der Waals surface area contributed by atoms with Crippen LogP contribution in [0.4, 0.5) is 4.79 Å². The summed E-state index contributed by atoms with van der Waals surface area (Å²) in [6.45, 7) is 12.8. The van der Waals surface area contributed by atoms with Gasteiger partial charge in [-0.3, -0.25) is 9.78 Å². The lowest BCUT2D eigenvalue weighted by Gasteiger charge is -2.32. The fourth-order valence-corrected chi connectivity index (χ4v) is 8.06. The third kappa shape index (κ3) is 6.15. The van der Waals surface area contributed by atoms with E-state index in [2.05, 4.69) is 91.3 Å². The molecule has 5 heterocycles. The summed E-state index contributed by atoms with van der Waals surface area (Å²) in [6.07, 6.45) is 13.0. The number of pyridine rings is 1. The van der Waals surface area contributed by atoms with E-state index in [4.69, 9.17) is 0 Å². The summed E-state index contributed by atoms with van der Waals surface area (Å²) < 4.78 is 0. The van der Waals surface area contributed by atoms with Crippen molar-refractivity contribution in [2.45, 2.75) is 103 Å². The Bertz CT molecular complexity index is 1450. The Balaban J connectivity index is 1.17. The molecule has 0 aliphatic carbocycles. The Hall–Kier alpha value is -3.61. The number of H-pyrrole nitrogens is 1. The number of hydrogen-bond acceptors (Lipinski definition) is 3. The minimum atomic E-state index is -0.418. The van der Waals surface area contributed by atoms with Gasteiger partial charge in [0.1, 0.15) is 0 Å². The molecule has 3 fully saturated rings. The SMILES string of the molecule is Cc1cc(C)cc(-c2[nH]cc(CCC(C)(C)C(=O)N3C4CCC3CC4)c2[C@H](C)CNC(=O)N2CCC(c3ccncc3)C2)c1. The lowest BCUT2D eigenvalue weighted by atomic mass is 9.83. The van der Waals surface area contributed by atoms with Gasteiger partial charge in [0.25, 0.3) is 0 Å². The van der Waals surface area contributed by atoms with Crippen molar-refractivity contribution in [3.05, 3.63) is 76.7 Å². The molecule has 3 amide bonds. The average molecular weight is 596 g/mol. The Morgan fingerprint density at radius 2 is 1.68 bits per heavy atom. The van der Waals surface area contributed by atoms with Crippen LogP contribution in [0, 0.1) is 19.3 Å². The zero-order chi connectivity index (χ0) is 31.0. The summed E-state index contributed by atoms with van der Waals surface area (Å²) in [5.74, 6) is 0.781. The van der Waals surface area contributed by atoms with Crippen LogP contribution in [0.25, 0.3) is 11.3 Å². The Kier molecular flexibility index (Phi) is 8.58. The largest absolute Gasteiger partial charge is 0.361 e. The zero-order valence-corrected chi connectivity index (χ0v) is 27.2. The summed E-state index contributed by atoms with van der Waals surface area (Å²) in [5, 5.41) is 3.26. The normalized spacial score (nSPS) is 22.1. The number of fused-ring (bicyclic) bond motifs is 2. The molecule has 0 radical (unpaired) electrons. The summed E-state index contributed by atoms with van der Waals surface area (Å²) in [7, 11) is 0. The van der Waals surface area contributed by atoms with E-state index < -0.39 is 5.41 Å². The van der Waals surface area contributed by atoms with Gasteiger partial charge in [0.05, 0.1) is 0 Å². The third-order valence-electron chi connectivity index (χ3n) is 10.5. The number of aryl methyl sites for hydroxylation is 3. The van der Waals surface area contributed by atoms with Gasteiger partial charge in [-0.05, 0) is 105 Å². The van der Waals surface area contributed by atoms with Crippen molar-refractivity contribution in [3.63, 3.8) is 0 Å². The molecule has 234 valence electrons. The van der Waals surface area contributed by atoms with Crippen LogP contribution in [0.5, 0.6) is 0 Å². The third-order valence-corrected chi connectivity index (χ3v) is 10.5. The molecule has 0 spiro atoms. The van der Waals surface area contributed by atoms with Crippen LogP contribution in [0.2, 0.25) is 0 Å². The summed E-state index contributed by atoms with van der Waals surface area (Å²) in [6, 6.07) is 11.7. The first-order valence-corrected chi connectivity index (χ1v) is 16.6. The molecule has 2 N–H and O–H groups in total. The van der Waals surface area contributed by atoms with Crippen LogP contribution in [-0.2, 0) is 11.2 Å². The predicted molar refractivity (Wildman–Crippen MR) is 176 cm³/mol. The van der Waals surface area contributed by atoms with Crippen molar-refractivity contribution in [1.29, 1.82) is 0 Å². The minimum Gasteiger partial charge on any atom is -0.361 e. The van der Waals surface area contributed by atoms with Gasteiger partial charge in [-0.15, -0.1) is 0 Å². The molecule has 1 unspecified atom stereocenters. The molecular formula is C37H49N5O2. The maximum Gasteiger partial charge on any atom is 0.317 e. The van der Waals surface area contributed by atoms with Gasteiger partial charge in [-0.25, -0.2) is 4.79 Å². The lowest BCUT2D eigenvalue weighted by Crippen LogP contribution is -2.44. The molecule has 3 aliphatic rings. The standard InChI is InChI=1S/C37H49N5O2/c1-24-18-25(2)20-30(19-24)34-33(26(3)21-40-36(44)41-17-13-29(23-41)27-11-15-38-16-12-27)28(22-39-34)10-14-37(4,5)35(43)42-31-6-7-32(42)9-8-31/h11-12,15-16,18-20,22,26,29,31-32,39H,6-10,13-14,17,21,23H2,1-5H3,(H,40,44)/t26-,29?,31?,32?/m1/s1. The first-order chi connectivity index (χ1) is 21.1. The number of amides is 3. The molecule has 0 saturated carbocycles. The molecule has 3 aliphatic heterocycles. The van der Waals surface area contributed by atoms with Gasteiger partial charge in [0, 0.05) is 73.3 Å². The molecule has 2 aromatic heterocycles. The number of aromatic nitrogens is 2. The van der Waals surface area contributed by atoms with Gasteiger partial charge in [0.15, 0.2) is 0 Å². The first-order valence-electron chi connectivity index (χ1n) is 16.6. The van der Waals surface area contributed by atoms with Gasteiger partial charge in [-0.2, -0.15) is 0 Å². The Morgan fingerprint density at radius 1 is 1.02 bits per heavy atom. The molecule has 7 heteroatoms. The number of urea groups is 1. The van der Waals surface area contributed by atoms with E-state index >= 15 is 0 Å². The van der Waals surface area contributed by atoms with E-state index in [-0.39, 0.29) is 11.9 Å². The van der Waals surface area contributed by atoms with E-state index in [1.807, 2.05) is 17.3 Å². The van der Waals surface area contributed by atoms with Crippen LogP contribution in [0.15, 0.2) is 48.9 Å². The fourth-order valence-electron chi connectivity index (χ4n) is 8.06. The second-order valence-corrected chi connectivity index (χ2v) is 14.3. The topological polar surface area (TPSA) is 81.3 Å². The lowest BCUT2D eigenvalue weighted by molar-refractivity contribution is -0.142. The van der Waals surface area contributed by atoms with Gasteiger partial charge >= 0.3 is 6.03 Å². The van der Waals surface area contributed by atoms with Crippen LogP contribution in [-0.4, -0.2) is 63.4 Å². The molecule has 3 saturated heterocycles. The van der Waals surface area contributed by atoms with E-state index in [1.165, 1.54) is 59.1 Å². The number of benzene rings is 1. The van der Waals surface area contributed by atoms with Crippen LogP contribution in [0.1, 0.15) is 98.9 Å². The fraction of sp³-hybridized carbons (Fsp3) is 0.541. The molecule has 3 aromatic rings. The van der Waals surface area contributed by atoms with Gasteiger partial charge in [0.2, 0.25) is 5.91 Å². The number of nitrogens with one attached hydrogen (secondary N) is 2. The highest BCUT2D eigenvalue weighted by atomic mass is 16.2. The molecule has 44 heavy (non-hydrogen) atoms. The molecule has 2 bridgehead atoms. The van der Waals surface area contributed by atoms with Crippen molar-refractivity contribution < 1.29 is 9.59 Å².